The van der Waals surface area contributed by atoms with E-state index in [1.54, 1.807) is 12.1 Å². The molecule has 0 amide bonds. The van der Waals surface area contributed by atoms with Gasteiger partial charge in [0.15, 0.2) is 0 Å². The minimum absolute atomic E-state index is 0.113. The maximum absolute atomic E-state index is 12.1. The van der Waals surface area contributed by atoms with Crippen molar-refractivity contribution in [2.24, 2.45) is 0 Å². The van der Waals surface area contributed by atoms with E-state index in [1.807, 2.05) is 20.8 Å². The fraction of sp³-hybridized carbons (Fsp3) is 0.455. The number of nitrogens with two attached hydrogens (primary N) is 1. The molecule has 1 aromatic rings. The lowest BCUT2D eigenvalue weighted by atomic mass is 10.0. The van der Waals surface area contributed by atoms with Crippen molar-refractivity contribution in [2.75, 3.05) is 5.73 Å². The van der Waals surface area contributed by atoms with Crippen LogP contribution in [0.25, 0.3) is 0 Å². The Labute approximate surface area is 111 Å². The van der Waals surface area contributed by atoms with Crippen molar-refractivity contribution >= 4 is 31.6 Å². The van der Waals surface area contributed by atoms with E-state index in [1.165, 1.54) is 6.07 Å². The maximum Gasteiger partial charge on any atom is 0.243 e. The average Bonchev–Trinajstić information content (AvgIpc) is 2.15. The van der Waals surface area contributed by atoms with Crippen molar-refractivity contribution in [3.05, 3.63) is 22.7 Å². The Bertz CT molecular complexity index is 512. The summed E-state index contributed by atoms with van der Waals surface area (Å²) in [5.41, 5.74) is 5.47. The van der Waals surface area contributed by atoms with Crippen molar-refractivity contribution in [1.29, 1.82) is 0 Å². The molecule has 0 radical (unpaired) electrons. The third-order valence-electron chi connectivity index (χ3n) is 2.56. The van der Waals surface area contributed by atoms with Crippen molar-refractivity contribution < 1.29 is 8.42 Å². The molecule has 6 heteroatoms. The second kappa shape index (κ2) is 4.96. The quantitative estimate of drug-likeness (QED) is 0.837. The molecule has 0 unspecified atom stereocenters. The highest BCUT2D eigenvalue weighted by atomic mass is 79.9. The first-order valence-electron chi connectivity index (χ1n) is 5.27. The lowest BCUT2D eigenvalue weighted by Crippen LogP contribution is -2.42. The van der Waals surface area contributed by atoms with E-state index in [-0.39, 0.29) is 10.6 Å². The first-order chi connectivity index (χ1) is 7.68. The zero-order valence-electron chi connectivity index (χ0n) is 10.1. The summed E-state index contributed by atoms with van der Waals surface area (Å²) in [6.45, 7) is 5.59. The maximum atomic E-state index is 12.1. The molecule has 1 aromatic carbocycles. The molecule has 0 fully saturated rings. The van der Waals surface area contributed by atoms with Gasteiger partial charge in [0.2, 0.25) is 10.0 Å². The summed E-state index contributed by atoms with van der Waals surface area (Å²) in [5, 5.41) is 0. The summed E-state index contributed by atoms with van der Waals surface area (Å²) in [6, 6.07) is 4.73. The summed E-state index contributed by atoms with van der Waals surface area (Å²) in [7, 11) is -3.57. The fourth-order valence-corrected chi connectivity index (χ4v) is 3.23. The van der Waals surface area contributed by atoms with E-state index >= 15 is 0 Å². The Balaban J connectivity index is 3.14. The predicted molar refractivity (Wildman–Crippen MR) is 73.2 cm³/mol. The number of nitrogen functional groups attached to an aromatic ring is 1. The largest absolute Gasteiger partial charge is 0.398 e. The van der Waals surface area contributed by atoms with E-state index in [9.17, 15) is 8.42 Å². The summed E-state index contributed by atoms with van der Waals surface area (Å²) in [6.07, 6.45) is 0.697. The second-order valence-electron chi connectivity index (χ2n) is 4.53. The van der Waals surface area contributed by atoms with Crippen LogP contribution in [0.1, 0.15) is 27.2 Å². The summed E-state index contributed by atoms with van der Waals surface area (Å²) < 4.78 is 27.7. The monoisotopic (exact) mass is 320 g/mol. The minimum Gasteiger partial charge on any atom is -0.398 e. The van der Waals surface area contributed by atoms with Crippen LogP contribution in [0.5, 0.6) is 0 Å². The van der Waals surface area contributed by atoms with E-state index in [4.69, 9.17) is 5.73 Å². The van der Waals surface area contributed by atoms with Crippen molar-refractivity contribution in [2.45, 2.75) is 37.6 Å². The number of nitrogens with one attached hydrogen (secondary N) is 1. The lowest BCUT2D eigenvalue weighted by molar-refractivity contribution is 0.439. The van der Waals surface area contributed by atoms with Crippen molar-refractivity contribution in [1.82, 2.24) is 4.72 Å². The smallest absolute Gasteiger partial charge is 0.243 e. The number of anilines is 1. The van der Waals surface area contributed by atoms with Crippen molar-refractivity contribution in [3.63, 3.8) is 0 Å². The summed E-state index contributed by atoms with van der Waals surface area (Å²) >= 11 is 3.24. The van der Waals surface area contributed by atoms with Gasteiger partial charge >= 0.3 is 0 Å². The highest BCUT2D eigenvalue weighted by molar-refractivity contribution is 9.10. The number of hydrogen-bond donors (Lipinski definition) is 2. The van der Waals surface area contributed by atoms with Crippen LogP contribution in [-0.4, -0.2) is 14.0 Å². The first-order valence-corrected chi connectivity index (χ1v) is 7.54. The van der Waals surface area contributed by atoms with Gasteiger partial charge < -0.3 is 5.73 Å². The third kappa shape index (κ3) is 3.69. The third-order valence-corrected chi connectivity index (χ3v) is 4.82. The number of halogens is 1. The van der Waals surface area contributed by atoms with Gasteiger partial charge in [0.05, 0.1) is 5.69 Å². The average molecular weight is 321 g/mol. The summed E-state index contributed by atoms with van der Waals surface area (Å²) in [4.78, 5) is 0.113. The van der Waals surface area contributed by atoms with Gasteiger partial charge in [0.1, 0.15) is 4.90 Å². The van der Waals surface area contributed by atoms with E-state index in [2.05, 4.69) is 20.7 Å². The molecule has 4 nitrogen and oxygen atoms in total. The van der Waals surface area contributed by atoms with Gasteiger partial charge in [0, 0.05) is 10.0 Å². The molecule has 0 spiro atoms. The van der Waals surface area contributed by atoms with Gasteiger partial charge in [-0.3, -0.25) is 0 Å². The molecule has 0 aliphatic carbocycles. The summed E-state index contributed by atoms with van der Waals surface area (Å²) in [5.74, 6) is 0. The van der Waals surface area contributed by atoms with Crippen LogP contribution in [0.4, 0.5) is 5.69 Å². The number of sulfonamides is 1. The van der Waals surface area contributed by atoms with Crippen LogP contribution in [0.2, 0.25) is 0 Å². The van der Waals surface area contributed by atoms with Crippen LogP contribution in [0, 0.1) is 0 Å². The van der Waals surface area contributed by atoms with Gasteiger partial charge in [-0.15, -0.1) is 0 Å². The molecule has 0 atom stereocenters. The van der Waals surface area contributed by atoms with Crippen LogP contribution in [0.15, 0.2) is 27.6 Å². The number of rotatable bonds is 4. The highest BCUT2D eigenvalue weighted by Gasteiger charge is 2.25. The molecule has 17 heavy (non-hydrogen) atoms. The molecule has 0 saturated carbocycles. The van der Waals surface area contributed by atoms with Gasteiger partial charge in [-0.05, 0) is 38.5 Å². The molecule has 3 N–H and O–H groups in total. The molecular formula is C11H17BrN2O2S. The van der Waals surface area contributed by atoms with Crippen LogP contribution in [-0.2, 0) is 10.0 Å². The molecule has 0 aliphatic rings. The SMILES string of the molecule is CCC(C)(C)NS(=O)(=O)c1ccc(Br)cc1N. The molecule has 96 valence electrons. The van der Waals surface area contributed by atoms with Gasteiger partial charge in [0.25, 0.3) is 0 Å². The molecule has 0 heterocycles. The van der Waals surface area contributed by atoms with Gasteiger partial charge in [-0.25, -0.2) is 13.1 Å². The van der Waals surface area contributed by atoms with Gasteiger partial charge in [-0.2, -0.15) is 0 Å². The van der Waals surface area contributed by atoms with Crippen LogP contribution < -0.4 is 10.5 Å². The zero-order valence-corrected chi connectivity index (χ0v) is 12.5. The molecule has 0 bridgehead atoms. The highest BCUT2D eigenvalue weighted by Crippen LogP contribution is 2.24. The minimum atomic E-state index is -3.57. The molecule has 0 saturated heterocycles. The predicted octanol–water partition coefficient (Wildman–Crippen LogP) is 2.50. The zero-order chi connectivity index (χ0) is 13.3. The Morgan fingerprint density at radius 1 is 1.41 bits per heavy atom. The topological polar surface area (TPSA) is 72.2 Å². The Morgan fingerprint density at radius 3 is 2.47 bits per heavy atom. The molecular weight excluding hydrogens is 304 g/mol. The Kier molecular flexibility index (Phi) is 4.22. The number of hydrogen-bond acceptors (Lipinski definition) is 3. The molecule has 1 rings (SSSR count). The van der Waals surface area contributed by atoms with Crippen LogP contribution in [0.3, 0.4) is 0 Å². The van der Waals surface area contributed by atoms with E-state index < -0.39 is 15.6 Å². The molecule has 0 aliphatic heterocycles. The number of benzene rings is 1. The standard InChI is InChI=1S/C11H17BrN2O2S/c1-4-11(2,3)14-17(15,16)10-6-5-8(12)7-9(10)13/h5-7,14H,4,13H2,1-3H3. The van der Waals surface area contributed by atoms with Crippen LogP contribution >= 0.6 is 15.9 Å². The molecule has 0 aromatic heterocycles. The van der Waals surface area contributed by atoms with Crippen molar-refractivity contribution in [3.8, 4) is 0 Å². The van der Waals surface area contributed by atoms with Gasteiger partial charge in [-0.1, -0.05) is 22.9 Å². The first kappa shape index (κ1) is 14.5. The fourth-order valence-electron chi connectivity index (χ4n) is 1.25. The second-order valence-corrected chi connectivity index (χ2v) is 7.09. The van der Waals surface area contributed by atoms with E-state index in [0.717, 1.165) is 4.47 Å². The Hall–Kier alpha value is -0.590. The lowest BCUT2D eigenvalue weighted by Gasteiger charge is -2.24. The van der Waals surface area contributed by atoms with E-state index in [0.29, 0.717) is 6.42 Å². The Morgan fingerprint density at radius 2 is 2.00 bits per heavy atom. The normalized spacial score (nSPS) is 12.7.